The van der Waals surface area contributed by atoms with E-state index in [0.717, 1.165) is 0 Å². The first kappa shape index (κ1) is 14.7. The van der Waals surface area contributed by atoms with Crippen LogP contribution in [0.1, 0.15) is 33.1 Å². The van der Waals surface area contributed by atoms with Crippen molar-refractivity contribution in [3.05, 3.63) is 12.7 Å². The van der Waals surface area contributed by atoms with Gasteiger partial charge in [-0.25, -0.2) is 0 Å². The highest BCUT2D eigenvalue weighted by Gasteiger charge is 2.36. The molecule has 3 heteroatoms. The average Bonchev–Trinajstić information content (AvgIpc) is 2.25. The van der Waals surface area contributed by atoms with Crippen LogP contribution in [0, 0.1) is 17.8 Å². The molecule has 0 fully saturated rings. The fourth-order valence-electron chi connectivity index (χ4n) is 1.21. The van der Waals surface area contributed by atoms with Crippen molar-refractivity contribution in [2.75, 3.05) is 6.61 Å². The highest BCUT2D eigenvalue weighted by atomic mass is 16.5. The zero-order valence-corrected chi connectivity index (χ0v) is 10.0. The number of hydrogen-bond donors (Lipinski definition) is 1. The van der Waals surface area contributed by atoms with Crippen LogP contribution < -0.4 is 0 Å². The average molecular weight is 224 g/mol. The minimum Gasteiger partial charge on any atom is -0.461 e. The summed E-state index contributed by atoms with van der Waals surface area (Å²) in [5, 5.41) is 9.88. The van der Waals surface area contributed by atoms with Crippen LogP contribution in [0.3, 0.4) is 0 Å². The van der Waals surface area contributed by atoms with E-state index in [0.29, 0.717) is 19.3 Å². The standard InChI is InChI=1S/C13H20O3/c1-5-7-8-9-11(14)13(3,4)12(15)16-10-6-2/h1,6,11,14H,2,7-10H2,3-4H3/t11-/m0/s1. The summed E-state index contributed by atoms with van der Waals surface area (Å²) in [7, 11) is 0. The second kappa shape index (κ2) is 7.08. The highest BCUT2D eigenvalue weighted by molar-refractivity contribution is 5.76. The second-order valence-corrected chi connectivity index (χ2v) is 4.22. The molecule has 0 amide bonds. The lowest BCUT2D eigenvalue weighted by molar-refractivity contribution is -0.159. The lowest BCUT2D eigenvalue weighted by atomic mass is 9.84. The summed E-state index contributed by atoms with van der Waals surface area (Å²) in [6.07, 6.45) is 7.69. The first-order valence-electron chi connectivity index (χ1n) is 5.36. The van der Waals surface area contributed by atoms with Crippen LogP contribution >= 0.6 is 0 Å². The second-order valence-electron chi connectivity index (χ2n) is 4.22. The fraction of sp³-hybridized carbons (Fsp3) is 0.615. The number of aliphatic hydroxyl groups excluding tert-OH is 1. The molecule has 0 radical (unpaired) electrons. The molecule has 0 aromatic carbocycles. The summed E-state index contributed by atoms with van der Waals surface area (Å²) in [5.74, 6) is 2.08. The fourth-order valence-corrected chi connectivity index (χ4v) is 1.21. The SMILES string of the molecule is C#CCCC[C@H](O)C(C)(C)C(=O)OCC=C. The van der Waals surface area contributed by atoms with Crippen molar-refractivity contribution in [1.29, 1.82) is 0 Å². The molecule has 1 N–H and O–H groups in total. The van der Waals surface area contributed by atoms with Gasteiger partial charge < -0.3 is 9.84 Å². The van der Waals surface area contributed by atoms with Crippen molar-refractivity contribution in [3.63, 3.8) is 0 Å². The maximum absolute atomic E-state index is 11.6. The van der Waals surface area contributed by atoms with Gasteiger partial charge in [0.15, 0.2) is 0 Å². The van der Waals surface area contributed by atoms with Gasteiger partial charge >= 0.3 is 5.97 Å². The Labute approximate surface area is 97.5 Å². The van der Waals surface area contributed by atoms with Gasteiger partial charge in [0.1, 0.15) is 6.61 Å². The van der Waals surface area contributed by atoms with Crippen LogP contribution in [0.4, 0.5) is 0 Å². The van der Waals surface area contributed by atoms with Crippen LogP contribution in [-0.2, 0) is 9.53 Å². The number of carbonyl (C=O) groups is 1. The summed E-state index contributed by atoms with van der Waals surface area (Å²) >= 11 is 0. The molecule has 0 rings (SSSR count). The van der Waals surface area contributed by atoms with Gasteiger partial charge in [-0.3, -0.25) is 4.79 Å². The Morgan fingerprint density at radius 1 is 1.69 bits per heavy atom. The Bertz CT molecular complexity index is 273. The van der Waals surface area contributed by atoms with Crippen molar-refractivity contribution < 1.29 is 14.6 Å². The largest absolute Gasteiger partial charge is 0.461 e. The third-order valence-electron chi connectivity index (χ3n) is 2.49. The maximum atomic E-state index is 11.6. The number of unbranched alkanes of at least 4 members (excludes halogenated alkanes) is 1. The third-order valence-corrected chi connectivity index (χ3v) is 2.49. The molecule has 0 aliphatic rings. The molecule has 0 saturated heterocycles. The molecule has 0 aromatic heterocycles. The lowest BCUT2D eigenvalue weighted by Crippen LogP contribution is -2.38. The van der Waals surface area contributed by atoms with Gasteiger partial charge in [-0.05, 0) is 26.7 Å². The Hall–Kier alpha value is -1.27. The number of esters is 1. The number of ether oxygens (including phenoxy) is 1. The molecule has 90 valence electrons. The summed E-state index contributed by atoms with van der Waals surface area (Å²) < 4.78 is 4.93. The molecule has 3 nitrogen and oxygen atoms in total. The number of terminal acetylenes is 1. The molecule has 0 aliphatic heterocycles. The van der Waals surface area contributed by atoms with Crippen LogP contribution in [-0.4, -0.2) is 23.8 Å². The normalized spacial score (nSPS) is 12.6. The predicted octanol–water partition coefficient (Wildman–Crippen LogP) is 1.91. The smallest absolute Gasteiger partial charge is 0.314 e. The van der Waals surface area contributed by atoms with Gasteiger partial charge in [-0.2, -0.15) is 0 Å². The minimum atomic E-state index is -0.905. The van der Waals surface area contributed by atoms with Crippen molar-refractivity contribution in [2.45, 2.75) is 39.2 Å². The third kappa shape index (κ3) is 4.50. The molecule has 1 atom stereocenters. The van der Waals surface area contributed by atoms with Gasteiger partial charge in [0, 0.05) is 6.42 Å². The van der Waals surface area contributed by atoms with Gasteiger partial charge in [0.2, 0.25) is 0 Å². The minimum absolute atomic E-state index is 0.166. The first-order chi connectivity index (χ1) is 7.46. The van der Waals surface area contributed by atoms with E-state index < -0.39 is 17.5 Å². The molecule has 16 heavy (non-hydrogen) atoms. The van der Waals surface area contributed by atoms with E-state index in [-0.39, 0.29) is 6.61 Å². The molecule has 0 bridgehead atoms. The summed E-state index contributed by atoms with van der Waals surface area (Å²) in [4.78, 5) is 11.6. The first-order valence-corrected chi connectivity index (χ1v) is 5.36. The van der Waals surface area contributed by atoms with E-state index in [1.807, 2.05) is 0 Å². The van der Waals surface area contributed by atoms with Gasteiger partial charge in [-0.15, -0.1) is 12.3 Å². The molecular formula is C13H20O3. The zero-order chi connectivity index (χ0) is 12.6. The molecule has 0 unspecified atom stereocenters. The number of rotatable bonds is 7. The molecule has 0 aromatic rings. The highest BCUT2D eigenvalue weighted by Crippen LogP contribution is 2.26. The monoisotopic (exact) mass is 224 g/mol. The Kier molecular flexibility index (Phi) is 6.52. The Morgan fingerprint density at radius 3 is 2.81 bits per heavy atom. The molecular weight excluding hydrogens is 204 g/mol. The maximum Gasteiger partial charge on any atom is 0.314 e. The van der Waals surface area contributed by atoms with Gasteiger partial charge in [0.25, 0.3) is 0 Å². The van der Waals surface area contributed by atoms with E-state index >= 15 is 0 Å². The summed E-state index contributed by atoms with van der Waals surface area (Å²) in [6.45, 7) is 6.96. The van der Waals surface area contributed by atoms with Crippen LogP contribution in [0.5, 0.6) is 0 Å². The van der Waals surface area contributed by atoms with Crippen molar-refractivity contribution >= 4 is 5.97 Å². The number of hydrogen-bond acceptors (Lipinski definition) is 3. The van der Waals surface area contributed by atoms with Crippen LogP contribution in [0.2, 0.25) is 0 Å². The quantitative estimate of drug-likeness (QED) is 0.311. The molecule has 0 spiro atoms. The zero-order valence-electron chi connectivity index (χ0n) is 10.0. The van der Waals surface area contributed by atoms with E-state index in [2.05, 4.69) is 12.5 Å². The van der Waals surface area contributed by atoms with Crippen molar-refractivity contribution in [2.24, 2.45) is 5.41 Å². The Balaban J connectivity index is 4.23. The van der Waals surface area contributed by atoms with E-state index in [1.165, 1.54) is 6.08 Å². The van der Waals surface area contributed by atoms with Crippen molar-refractivity contribution in [1.82, 2.24) is 0 Å². The number of carbonyl (C=O) groups excluding carboxylic acids is 1. The molecule has 0 heterocycles. The van der Waals surface area contributed by atoms with Crippen LogP contribution in [0.25, 0.3) is 0 Å². The van der Waals surface area contributed by atoms with Gasteiger partial charge in [0.05, 0.1) is 11.5 Å². The summed E-state index contributed by atoms with van der Waals surface area (Å²) in [5.41, 5.74) is -0.905. The molecule has 0 aliphatic carbocycles. The van der Waals surface area contributed by atoms with Crippen LogP contribution in [0.15, 0.2) is 12.7 Å². The topological polar surface area (TPSA) is 46.5 Å². The van der Waals surface area contributed by atoms with E-state index in [9.17, 15) is 9.90 Å². The predicted molar refractivity (Wildman–Crippen MR) is 63.6 cm³/mol. The Morgan fingerprint density at radius 2 is 2.31 bits per heavy atom. The van der Waals surface area contributed by atoms with Gasteiger partial charge in [-0.1, -0.05) is 12.7 Å². The van der Waals surface area contributed by atoms with Crippen molar-refractivity contribution in [3.8, 4) is 12.3 Å². The molecule has 0 saturated carbocycles. The summed E-state index contributed by atoms with van der Waals surface area (Å²) in [6, 6.07) is 0. The van der Waals surface area contributed by atoms with E-state index in [1.54, 1.807) is 13.8 Å². The lowest BCUT2D eigenvalue weighted by Gasteiger charge is -2.27. The van der Waals surface area contributed by atoms with E-state index in [4.69, 9.17) is 11.2 Å². The number of aliphatic hydroxyl groups is 1.